The topological polar surface area (TPSA) is 83.2 Å². The van der Waals surface area contributed by atoms with Crippen molar-refractivity contribution >= 4 is 11.8 Å². The van der Waals surface area contributed by atoms with E-state index in [-0.39, 0.29) is 18.2 Å². The number of carbonyl (C=O) groups is 2. The average molecular weight is 253 g/mol. The number of H-pyrrole nitrogens is 1. The van der Waals surface area contributed by atoms with Crippen LogP contribution >= 0.6 is 0 Å². The highest BCUT2D eigenvalue weighted by Crippen LogP contribution is 1.94. The number of rotatable bonds is 6. The normalized spacial score (nSPS) is 10.4. The predicted molar refractivity (Wildman–Crippen MR) is 66.7 cm³/mol. The molecule has 0 saturated carbocycles. The van der Waals surface area contributed by atoms with Crippen LogP contribution in [0.3, 0.4) is 0 Å². The summed E-state index contributed by atoms with van der Waals surface area (Å²) in [5.74, 6) is -0.212. The van der Waals surface area contributed by atoms with E-state index in [0.29, 0.717) is 24.8 Å². The Morgan fingerprint density at radius 1 is 1.39 bits per heavy atom. The molecule has 0 bridgehead atoms. The van der Waals surface area contributed by atoms with Gasteiger partial charge in [0.1, 0.15) is 5.69 Å². The van der Waals surface area contributed by atoms with Crippen LogP contribution in [-0.2, 0) is 9.53 Å². The molecule has 0 aliphatic carbocycles. The molecule has 6 heteroatoms. The smallest absolute Gasteiger partial charge is 0.286 e. The molecule has 0 fully saturated rings. The van der Waals surface area contributed by atoms with Gasteiger partial charge < -0.3 is 9.72 Å². The first-order chi connectivity index (χ1) is 8.59. The van der Waals surface area contributed by atoms with Crippen molar-refractivity contribution in [1.29, 1.82) is 0 Å². The summed E-state index contributed by atoms with van der Waals surface area (Å²) in [5, 5.41) is 0. The first-order valence-electron chi connectivity index (χ1n) is 5.90. The summed E-state index contributed by atoms with van der Waals surface area (Å²) in [4.78, 5) is 25.5. The molecule has 1 heterocycles. The number of aromatic nitrogens is 1. The number of hydrazine groups is 1. The van der Waals surface area contributed by atoms with Gasteiger partial charge in [-0.25, -0.2) is 0 Å². The molecule has 0 unspecified atom stereocenters. The molecule has 0 radical (unpaired) electrons. The van der Waals surface area contributed by atoms with Crippen LogP contribution < -0.4 is 10.9 Å². The second-order valence-electron chi connectivity index (χ2n) is 4.30. The van der Waals surface area contributed by atoms with Gasteiger partial charge in [0.15, 0.2) is 0 Å². The van der Waals surface area contributed by atoms with Crippen molar-refractivity contribution in [3.63, 3.8) is 0 Å². The van der Waals surface area contributed by atoms with E-state index in [1.165, 1.54) is 0 Å². The third-order valence-corrected chi connectivity index (χ3v) is 2.08. The molecule has 1 aromatic rings. The molecule has 1 rings (SSSR count). The van der Waals surface area contributed by atoms with E-state index in [4.69, 9.17) is 4.74 Å². The number of nitrogens with one attached hydrogen (secondary N) is 3. The van der Waals surface area contributed by atoms with Crippen LogP contribution in [-0.4, -0.2) is 30.0 Å². The van der Waals surface area contributed by atoms with Gasteiger partial charge in [0, 0.05) is 12.8 Å². The quantitative estimate of drug-likeness (QED) is 0.519. The Morgan fingerprint density at radius 3 is 2.78 bits per heavy atom. The molecule has 1 aromatic heterocycles. The summed E-state index contributed by atoms with van der Waals surface area (Å²) in [6, 6.07) is 3.32. The van der Waals surface area contributed by atoms with Gasteiger partial charge in [-0.1, -0.05) is 13.8 Å². The molecule has 0 atom stereocenters. The summed E-state index contributed by atoms with van der Waals surface area (Å²) >= 11 is 0. The van der Waals surface area contributed by atoms with Crippen LogP contribution in [0.2, 0.25) is 0 Å². The molecule has 6 nitrogen and oxygen atoms in total. The average Bonchev–Trinajstić information content (AvgIpc) is 2.85. The van der Waals surface area contributed by atoms with Gasteiger partial charge in [-0.3, -0.25) is 20.4 Å². The van der Waals surface area contributed by atoms with Gasteiger partial charge in [0.25, 0.3) is 5.91 Å². The molecule has 100 valence electrons. The van der Waals surface area contributed by atoms with Crippen molar-refractivity contribution in [2.75, 3.05) is 13.2 Å². The van der Waals surface area contributed by atoms with Gasteiger partial charge in [0.05, 0.1) is 13.0 Å². The van der Waals surface area contributed by atoms with Crippen molar-refractivity contribution in [3.8, 4) is 0 Å². The maximum atomic E-state index is 11.4. The van der Waals surface area contributed by atoms with Crippen LogP contribution in [0.4, 0.5) is 0 Å². The Hall–Kier alpha value is -1.82. The van der Waals surface area contributed by atoms with Gasteiger partial charge in [-0.15, -0.1) is 0 Å². The SMILES string of the molecule is CC(C)COCCC(=O)NNC(=O)c1ccc[nH]1. The van der Waals surface area contributed by atoms with Gasteiger partial charge in [-0.05, 0) is 18.1 Å². The highest BCUT2D eigenvalue weighted by molar-refractivity contribution is 5.93. The molecule has 0 saturated heterocycles. The Bertz CT molecular complexity index is 374. The highest BCUT2D eigenvalue weighted by atomic mass is 16.5. The van der Waals surface area contributed by atoms with E-state index in [1.54, 1.807) is 18.3 Å². The maximum Gasteiger partial charge on any atom is 0.286 e. The summed E-state index contributed by atoms with van der Waals surface area (Å²) < 4.78 is 5.27. The standard InChI is InChI=1S/C12H19N3O3/c1-9(2)8-18-7-5-11(16)14-15-12(17)10-4-3-6-13-10/h3-4,6,9,13H,5,7-8H2,1-2H3,(H,14,16)(H,15,17). The second-order valence-corrected chi connectivity index (χ2v) is 4.30. The lowest BCUT2D eigenvalue weighted by Gasteiger charge is -2.08. The van der Waals surface area contributed by atoms with Gasteiger partial charge >= 0.3 is 0 Å². The molecule has 0 aromatic carbocycles. The molecule has 2 amide bonds. The van der Waals surface area contributed by atoms with Crippen LogP contribution in [0, 0.1) is 5.92 Å². The number of amides is 2. The fourth-order valence-corrected chi connectivity index (χ4v) is 1.21. The van der Waals surface area contributed by atoms with E-state index in [9.17, 15) is 9.59 Å². The van der Waals surface area contributed by atoms with Crippen molar-refractivity contribution in [3.05, 3.63) is 24.0 Å². The fourth-order valence-electron chi connectivity index (χ4n) is 1.21. The van der Waals surface area contributed by atoms with Crippen molar-refractivity contribution in [1.82, 2.24) is 15.8 Å². The minimum Gasteiger partial charge on any atom is -0.381 e. The Morgan fingerprint density at radius 2 is 2.17 bits per heavy atom. The largest absolute Gasteiger partial charge is 0.381 e. The second kappa shape index (κ2) is 7.50. The first-order valence-corrected chi connectivity index (χ1v) is 5.90. The minimum atomic E-state index is -0.378. The Balaban J connectivity index is 2.12. The van der Waals surface area contributed by atoms with Crippen LogP contribution in [0.1, 0.15) is 30.8 Å². The van der Waals surface area contributed by atoms with Gasteiger partial charge in [0.2, 0.25) is 5.91 Å². The van der Waals surface area contributed by atoms with Crippen LogP contribution in [0.5, 0.6) is 0 Å². The monoisotopic (exact) mass is 253 g/mol. The third-order valence-electron chi connectivity index (χ3n) is 2.08. The van der Waals surface area contributed by atoms with E-state index < -0.39 is 0 Å². The Kier molecular flexibility index (Phi) is 5.93. The lowest BCUT2D eigenvalue weighted by atomic mass is 10.2. The molecule has 3 N–H and O–H groups in total. The number of ether oxygens (including phenoxy) is 1. The van der Waals surface area contributed by atoms with Gasteiger partial charge in [-0.2, -0.15) is 0 Å². The van der Waals surface area contributed by atoms with E-state index in [1.807, 2.05) is 13.8 Å². The van der Waals surface area contributed by atoms with Crippen molar-refractivity contribution < 1.29 is 14.3 Å². The van der Waals surface area contributed by atoms with Crippen LogP contribution in [0.15, 0.2) is 18.3 Å². The summed E-state index contributed by atoms with van der Waals surface area (Å²) in [7, 11) is 0. The number of carbonyl (C=O) groups excluding carboxylic acids is 2. The zero-order chi connectivity index (χ0) is 13.4. The predicted octanol–water partition coefficient (Wildman–Crippen LogP) is 0.838. The number of aromatic amines is 1. The lowest BCUT2D eigenvalue weighted by Crippen LogP contribution is -2.42. The highest BCUT2D eigenvalue weighted by Gasteiger charge is 2.07. The van der Waals surface area contributed by atoms with E-state index in [2.05, 4.69) is 15.8 Å². The third kappa shape index (κ3) is 5.49. The van der Waals surface area contributed by atoms with E-state index in [0.717, 1.165) is 0 Å². The maximum absolute atomic E-state index is 11.4. The minimum absolute atomic E-state index is 0.220. The fraction of sp³-hybridized carbons (Fsp3) is 0.500. The molecule has 0 spiro atoms. The van der Waals surface area contributed by atoms with Crippen molar-refractivity contribution in [2.24, 2.45) is 5.92 Å². The van der Waals surface area contributed by atoms with E-state index >= 15 is 0 Å². The summed E-state index contributed by atoms with van der Waals surface area (Å²) in [6.45, 7) is 5.05. The zero-order valence-corrected chi connectivity index (χ0v) is 10.7. The number of hydrogen-bond donors (Lipinski definition) is 3. The molecular weight excluding hydrogens is 234 g/mol. The number of hydrogen-bond acceptors (Lipinski definition) is 3. The summed E-state index contributed by atoms with van der Waals surface area (Å²) in [5.41, 5.74) is 5.02. The molecule has 18 heavy (non-hydrogen) atoms. The van der Waals surface area contributed by atoms with Crippen LogP contribution in [0.25, 0.3) is 0 Å². The molecule has 0 aliphatic rings. The zero-order valence-electron chi connectivity index (χ0n) is 10.7. The Labute approximate surface area is 106 Å². The molecular formula is C12H19N3O3. The summed E-state index contributed by atoms with van der Waals surface area (Å²) in [6.07, 6.45) is 1.86. The molecule has 0 aliphatic heterocycles. The lowest BCUT2D eigenvalue weighted by molar-refractivity contribution is -0.123. The first kappa shape index (κ1) is 14.2. The van der Waals surface area contributed by atoms with Crippen molar-refractivity contribution in [2.45, 2.75) is 20.3 Å².